The molecule has 23 heavy (non-hydrogen) atoms. The maximum atomic E-state index is 12.3. The van der Waals surface area contributed by atoms with Crippen LogP contribution >= 0.6 is 0 Å². The molecule has 120 valence electrons. The summed E-state index contributed by atoms with van der Waals surface area (Å²) in [5.74, 6) is 0.627. The van der Waals surface area contributed by atoms with Gasteiger partial charge in [-0.1, -0.05) is 24.3 Å². The lowest BCUT2D eigenvalue weighted by atomic mass is 10.1. The number of aryl methyl sites for hydroxylation is 1. The normalized spacial score (nSPS) is 17.0. The highest BCUT2D eigenvalue weighted by molar-refractivity contribution is 6.05. The molecule has 1 aliphatic heterocycles. The van der Waals surface area contributed by atoms with Crippen LogP contribution in [0, 0.1) is 6.92 Å². The number of nitrogens with one attached hydrogen (secondary N) is 1. The molecule has 0 radical (unpaired) electrons. The van der Waals surface area contributed by atoms with Gasteiger partial charge in [0.2, 0.25) is 0 Å². The number of carbonyl (C=O) groups excluding carboxylic acids is 1. The van der Waals surface area contributed by atoms with E-state index in [-0.39, 0.29) is 12.0 Å². The minimum Gasteiger partial charge on any atom is -0.491 e. The fraction of sp³-hybridized carbons (Fsp3) is 0.316. The first kappa shape index (κ1) is 15.6. The third kappa shape index (κ3) is 4.11. The van der Waals surface area contributed by atoms with Crippen molar-refractivity contribution in [1.82, 2.24) is 0 Å². The third-order valence-corrected chi connectivity index (χ3v) is 3.94. The van der Waals surface area contributed by atoms with Crippen molar-refractivity contribution in [3.63, 3.8) is 0 Å². The summed E-state index contributed by atoms with van der Waals surface area (Å²) in [7, 11) is 0. The average Bonchev–Trinajstić information content (AvgIpc) is 3.07. The lowest BCUT2D eigenvalue weighted by Crippen LogP contribution is -2.16. The molecule has 0 unspecified atom stereocenters. The van der Waals surface area contributed by atoms with Crippen LogP contribution in [0.15, 0.2) is 48.5 Å². The van der Waals surface area contributed by atoms with Crippen molar-refractivity contribution in [3.8, 4) is 5.75 Å². The van der Waals surface area contributed by atoms with Crippen molar-refractivity contribution in [2.75, 3.05) is 18.5 Å². The van der Waals surface area contributed by atoms with Crippen molar-refractivity contribution in [2.45, 2.75) is 25.9 Å². The molecule has 1 amide bonds. The van der Waals surface area contributed by atoms with Gasteiger partial charge in [-0.3, -0.25) is 4.79 Å². The van der Waals surface area contributed by atoms with Gasteiger partial charge in [0.05, 0.1) is 6.10 Å². The van der Waals surface area contributed by atoms with E-state index in [1.54, 1.807) is 0 Å². The van der Waals surface area contributed by atoms with Crippen LogP contribution in [0.2, 0.25) is 0 Å². The highest BCUT2D eigenvalue weighted by atomic mass is 16.5. The van der Waals surface area contributed by atoms with E-state index in [2.05, 4.69) is 5.32 Å². The molecule has 1 atom stereocenters. The number of hydrogen-bond acceptors (Lipinski definition) is 3. The summed E-state index contributed by atoms with van der Waals surface area (Å²) in [6.07, 6.45) is 2.32. The number of benzene rings is 2. The van der Waals surface area contributed by atoms with E-state index >= 15 is 0 Å². The molecule has 1 saturated heterocycles. The summed E-state index contributed by atoms with van der Waals surface area (Å²) in [4.78, 5) is 12.3. The molecule has 4 heteroatoms. The molecule has 4 nitrogen and oxygen atoms in total. The second-order valence-corrected chi connectivity index (χ2v) is 5.74. The van der Waals surface area contributed by atoms with Gasteiger partial charge >= 0.3 is 0 Å². The number of amides is 1. The van der Waals surface area contributed by atoms with Crippen molar-refractivity contribution >= 4 is 11.6 Å². The minimum absolute atomic E-state index is 0.112. The summed E-state index contributed by atoms with van der Waals surface area (Å²) >= 11 is 0. The molecule has 3 rings (SSSR count). The van der Waals surface area contributed by atoms with E-state index in [9.17, 15) is 4.79 Å². The molecule has 1 N–H and O–H groups in total. The van der Waals surface area contributed by atoms with Crippen molar-refractivity contribution in [3.05, 3.63) is 59.7 Å². The zero-order valence-electron chi connectivity index (χ0n) is 13.2. The van der Waals surface area contributed by atoms with Gasteiger partial charge in [-0.2, -0.15) is 0 Å². The Kier molecular flexibility index (Phi) is 4.93. The van der Waals surface area contributed by atoms with E-state index in [1.807, 2.05) is 55.5 Å². The predicted octanol–water partition coefficient (Wildman–Crippen LogP) is 3.81. The van der Waals surface area contributed by atoms with Gasteiger partial charge in [0, 0.05) is 23.9 Å². The van der Waals surface area contributed by atoms with Crippen LogP contribution in [0.3, 0.4) is 0 Å². The maximum absolute atomic E-state index is 12.3. The Morgan fingerprint density at radius 1 is 1.26 bits per heavy atom. The van der Waals surface area contributed by atoms with Gasteiger partial charge in [-0.25, -0.2) is 0 Å². The van der Waals surface area contributed by atoms with Crippen molar-refractivity contribution in [1.29, 1.82) is 0 Å². The highest BCUT2D eigenvalue weighted by Gasteiger charge is 2.16. The van der Waals surface area contributed by atoms with E-state index in [4.69, 9.17) is 9.47 Å². The molecule has 0 bridgehead atoms. The molecule has 0 spiro atoms. The van der Waals surface area contributed by atoms with E-state index < -0.39 is 0 Å². The second-order valence-electron chi connectivity index (χ2n) is 5.74. The van der Waals surface area contributed by atoms with Crippen molar-refractivity contribution < 1.29 is 14.3 Å². The summed E-state index contributed by atoms with van der Waals surface area (Å²) in [5.41, 5.74) is 2.36. The van der Waals surface area contributed by atoms with Crippen LogP contribution in [0.25, 0.3) is 0 Å². The zero-order valence-corrected chi connectivity index (χ0v) is 13.2. The molecule has 1 fully saturated rings. The van der Waals surface area contributed by atoms with Crippen LogP contribution in [0.4, 0.5) is 5.69 Å². The molecule has 1 heterocycles. The quantitative estimate of drug-likeness (QED) is 0.913. The molecule has 0 saturated carbocycles. The smallest absolute Gasteiger partial charge is 0.255 e. The van der Waals surface area contributed by atoms with Gasteiger partial charge < -0.3 is 14.8 Å². The number of hydrogen-bond donors (Lipinski definition) is 1. The van der Waals surface area contributed by atoms with Gasteiger partial charge in [0.15, 0.2) is 0 Å². The highest BCUT2D eigenvalue weighted by Crippen LogP contribution is 2.20. The van der Waals surface area contributed by atoms with E-state index in [0.29, 0.717) is 12.2 Å². The van der Waals surface area contributed by atoms with Gasteiger partial charge in [-0.05, 0) is 43.5 Å². The predicted molar refractivity (Wildman–Crippen MR) is 90.0 cm³/mol. The standard InChI is InChI=1S/C19H21NO3/c1-14-6-2-3-10-18(14)19(21)20-15-7-4-8-16(12-15)23-13-17-9-5-11-22-17/h2-4,6-8,10,12,17H,5,9,11,13H2,1H3,(H,20,21)/t17-/m0/s1. The zero-order chi connectivity index (χ0) is 16.1. The topological polar surface area (TPSA) is 47.6 Å². The Morgan fingerprint density at radius 2 is 2.13 bits per heavy atom. The number of ether oxygens (including phenoxy) is 2. The van der Waals surface area contributed by atoms with E-state index in [1.165, 1.54) is 0 Å². The summed E-state index contributed by atoms with van der Waals surface area (Å²) in [5, 5.41) is 2.92. The molecule has 2 aromatic rings. The molecular weight excluding hydrogens is 290 g/mol. The lowest BCUT2D eigenvalue weighted by molar-refractivity contribution is 0.0680. The van der Waals surface area contributed by atoms with Crippen LogP contribution in [0.5, 0.6) is 5.75 Å². The second kappa shape index (κ2) is 7.29. The maximum Gasteiger partial charge on any atom is 0.255 e. The molecule has 2 aromatic carbocycles. The van der Waals surface area contributed by atoms with Crippen LogP contribution in [-0.2, 0) is 4.74 Å². The Morgan fingerprint density at radius 3 is 2.91 bits per heavy atom. The SMILES string of the molecule is Cc1ccccc1C(=O)Nc1cccc(OC[C@@H]2CCCO2)c1. The fourth-order valence-corrected chi connectivity index (χ4v) is 2.65. The van der Waals surface area contributed by atoms with Crippen LogP contribution < -0.4 is 10.1 Å². The van der Waals surface area contributed by atoms with Gasteiger partial charge in [0.25, 0.3) is 5.91 Å². The summed E-state index contributed by atoms with van der Waals surface area (Å²) < 4.78 is 11.3. The molecule has 0 aromatic heterocycles. The molecule has 0 aliphatic carbocycles. The summed E-state index contributed by atoms with van der Waals surface area (Å²) in [6.45, 7) is 3.30. The van der Waals surface area contributed by atoms with Crippen LogP contribution in [0.1, 0.15) is 28.8 Å². The molecule has 1 aliphatic rings. The van der Waals surface area contributed by atoms with Gasteiger partial charge in [0.1, 0.15) is 12.4 Å². The van der Waals surface area contributed by atoms with Gasteiger partial charge in [-0.15, -0.1) is 0 Å². The Balaban J connectivity index is 1.63. The van der Waals surface area contributed by atoms with E-state index in [0.717, 1.165) is 36.4 Å². The lowest BCUT2D eigenvalue weighted by Gasteiger charge is -2.13. The average molecular weight is 311 g/mol. The first-order valence-electron chi connectivity index (χ1n) is 7.94. The monoisotopic (exact) mass is 311 g/mol. The Bertz CT molecular complexity index is 678. The fourth-order valence-electron chi connectivity index (χ4n) is 2.65. The molecular formula is C19H21NO3. The number of anilines is 1. The third-order valence-electron chi connectivity index (χ3n) is 3.94. The Labute approximate surface area is 136 Å². The van der Waals surface area contributed by atoms with Crippen molar-refractivity contribution in [2.24, 2.45) is 0 Å². The number of rotatable bonds is 5. The summed E-state index contributed by atoms with van der Waals surface area (Å²) in [6, 6.07) is 15.0. The minimum atomic E-state index is -0.112. The Hall–Kier alpha value is -2.33. The largest absolute Gasteiger partial charge is 0.491 e. The van der Waals surface area contributed by atoms with Crippen LogP contribution in [-0.4, -0.2) is 25.2 Å². The first-order valence-corrected chi connectivity index (χ1v) is 7.94. The first-order chi connectivity index (χ1) is 11.2. The number of carbonyl (C=O) groups is 1.